The van der Waals surface area contributed by atoms with Gasteiger partial charge in [0.05, 0.1) is 9.79 Å². The summed E-state index contributed by atoms with van der Waals surface area (Å²) in [4.78, 5) is 0.664. The maximum Gasteiger partial charge on any atom is 0.243 e. The number of aryl methyl sites for hydroxylation is 2. The van der Waals surface area contributed by atoms with E-state index in [1.165, 1.54) is 0 Å². The molecule has 1 aliphatic heterocycles. The number of sulfonamides is 2. The van der Waals surface area contributed by atoms with E-state index in [2.05, 4.69) is 10.6 Å². The Morgan fingerprint density at radius 3 is 1.08 bits per heavy atom. The zero-order valence-electron chi connectivity index (χ0n) is 21.4. The van der Waals surface area contributed by atoms with E-state index in [1.807, 2.05) is 38.1 Å². The number of rotatable bonds is 4. The van der Waals surface area contributed by atoms with Crippen molar-refractivity contribution in [2.45, 2.75) is 49.3 Å². The second-order valence-electron chi connectivity index (χ2n) is 9.35. The molecule has 1 fully saturated rings. The maximum atomic E-state index is 13.2. The Bertz CT molecular complexity index is 1040. The fourth-order valence-corrected chi connectivity index (χ4v) is 7.23. The van der Waals surface area contributed by atoms with E-state index in [1.54, 1.807) is 32.9 Å². The monoisotopic (exact) mass is 536 g/mol. The lowest BCUT2D eigenvalue weighted by atomic mass is 10.2. The summed E-state index contributed by atoms with van der Waals surface area (Å²) in [5, 5.41) is 6.70. The molecule has 1 saturated heterocycles. The van der Waals surface area contributed by atoms with Gasteiger partial charge in [0.15, 0.2) is 0 Å². The van der Waals surface area contributed by atoms with Crippen LogP contribution in [0.25, 0.3) is 0 Å². The summed E-state index contributed by atoms with van der Waals surface area (Å²) in [6.45, 7) is 8.33. The van der Waals surface area contributed by atoms with Crippen molar-refractivity contribution in [1.82, 2.24) is 19.2 Å². The molecule has 0 bridgehead atoms. The van der Waals surface area contributed by atoms with Crippen LogP contribution < -0.4 is 10.6 Å². The molecule has 0 spiro atoms. The van der Waals surface area contributed by atoms with Crippen LogP contribution in [0.5, 0.6) is 0 Å². The minimum Gasteiger partial charge on any atom is -0.317 e. The summed E-state index contributed by atoms with van der Waals surface area (Å²) in [6.07, 6.45) is 2.74. The van der Waals surface area contributed by atoms with Gasteiger partial charge in [0.1, 0.15) is 0 Å². The van der Waals surface area contributed by atoms with Crippen LogP contribution >= 0.6 is 0 Å². The van der Waals surface area contributed by atoms with E-state index in [-0.39, 0.29) is 0 Å². The highest BCUT2D eigenvalue weighted by Crippen LogP contribution is 2.18. The van der Waals surface area contributed by atoms with Crippen LogP contribution in [0.15, 0.2) is 58.3 Å². The highest BCUT2D eigenvalue weighted by molar-refractivity contribution is 7.89. The molecule has 0 saturated carbocycles. The molecule has 2 aromatic rings. The molecule has 0 aliphatic carbocycles. The molecule has 8 nitrogen and oxygen atoms in total. The van der Waals surface area contributed by atoms with Gasteiger partial charge in [-0.1, -0.05) is 35.4 Å². The third-order valence-corrected chi connectivity index (χ3v) is 10.2. The lowest BCUT2D eigenvalue weighted by Crippen LogP contribution is -2.38. The van der Waals surface area contributed by atoms with Gasteiger partial charge >= 0.3 is 0 Å². The predicted molar refractivity (Wildman–Crippen MR) is 144 cm³/mol. The van der Waals surface area contributed by atoms with Gasteiger partial charge in [-0.05, 0) is 90.0 Å². The molecule has 1 aliphatic rings. The molecule has 3 rings (SSSR count). The number of nitrogens with zero attached hydrogens (tertiary/aromatic N) is 2. The van der Waals surface area contributed by atoms with Gasteiger partial charge in [-0.3, -0.25) is 0 Å². The zero-order chi connectivity index (χ0) is 26.0. The van der Waals surface area contributed by atoms with E-state index in [9.17, 15) is 16.8 Å². The van der Waals surface area contributed by atoms with E-state index in [0.717, 1.165) is 11.1 Å². The van der Waals surface area contributed by atoms with Gasteiger partial charge in [-0.25, -0.2) is 16.8 Å². The molecule has 0 unspecified atom stereocenters. The van der Waals surface area contributed by atoms with Crippen molar-refractivity contribution in [3.05, 3.63) is 59.7 Å². The average Bonchev–Trinajstić information content (AvgIpc) is 2.84. The third-order valence-electron chi connectivity index (χ3n) is 6.36. The molecular formula is C26H40N4O4S2. The van der Waals surface area contributed by atoms with Crippen molar-refractivity contribution in [2.24, 2.45) is 0 Å². The number of hydrogen-bond donors (Lipinski definition) is 2. The third kappa shape index (κ3) is 8.09. The fourth-order valence-electron chi connectivity index (χ4n) is 4.19. The summed E-state index contributed by atoms with van der Waals surface area (Å²) < 4.78 is 56.1. The minimum absolute atomic E-state index is 0.332. The fraction of sp³-hybridized carbons (Fsp3) is 0.538. The van der Waals surface area contributed by atoms with Crippen LogP contribution in [0.4, 0.5) is 0 Å². The topological polar surface area (TPSA) is 98.8 Å². The second kappa shape index (κ2) is 13.6. The van der Waals surface area contributed by atoms with Gasteiger partial charge in [0.2, 0.25) is 20.0 Å². The van der Waals surface area contributed by atoms with Gasteiger partial charge < -0.3 is 10.6 Å². The Hall–Kier alpha value is -1.82. The molecule has 1 heterocycles. The van der Waals surface area contributed by atoms with Crippen LogP contribution in [-0.4, -0.2) is 77.8 Å². The van der Waals surface area contributed by atoms with Crippen molar-refractivity contribution < 1.29 is 16.8 Å². The van der Waals surface area contributed by atoms with Gasteiger partial charge in [-0.15, -0.1) is 0 Å². The average molecular weight is 537 g/mol. The Balaban J connectivity index is 1.61. The van der Waals surface area contributed by atoms with Crippen molar-refractivity contribution in [3.8, 4) is 0 Å². The van der Waals surface area contributed by atoms with Crippen molar-refractivity contribution in [3.63, 3.8) is 0 Å². The Morgan fingerprint density at radius 1 is 0.528 bits per heavy atom. The molecular weight excluding hydrogens is 496 g/mol. The van der Waals surface area contributed by atoms with Crippen LogP contribution in [0.2, 0.25) is 0 Å². The van der Waals surface area contributed by atoms with Gasteiger partial charge in [0.25, 0.3) is 0 Å². The smallest absolute Gasteiger partial charge is 0.243 e. The first-order valence-electron chi connectivity index (χ1n) is 12.8. The van der Waals surface area contributed by atoms with E-state index in [4.69, 9.17) is 0 Å². The Labute approximate surface area is 217 Å². The van der Waals surface area contributed by atoms with Gasteiger partial charge in [-0.2, -0.15) is 8.61 Å². The van der Waals surface area contributed by atoms with Crippen molar-refractivity contribution >= 4 is 20.0 Å². The maximum absolute atomic E-state index is 13.2. The highest BCUT2D eigenvalue weighted by Gasteiger charge is 2.25. The standard InChI is InChI=1S/C26H40N4O4S2/c1-23-7-11-25(12-8-23)35(31,32)29-19-3-15-27-17-5-21-30(22-6-18-28-16-4-20-29)36(33,34)26-13-9-24(2)10-14-26/h7-14,27-28H,3-6,15-22H2,1-2H3. The van der Waals surface area contributed by atoms with E-state index >= 15 is 0 Å². The Kier molecular flexibility index (Phi) is 10.9. The minimum atomic E-state index is -3.55. The number of nitrogens with one attached hydrogen (secondary N) is 2. The van der Waals surface area contributed by atoms with Crippen molar-refractivity contribution in [1.29, 1.82) is 0 Å². The molecule has 2 N–H and O–H groups in total. The number of hydrogen-bond acceptors (Lipinski definition) is 6. The predicted octanol–water partition coefficient (Wildman–Crippen LogP) is 2.74. The molecule has 2 aromatic carbocycles. The van der Waals surface area contributed by atoms with Crippen LogP contribution in [0, 0.1) is 13.8 Å². The SMILES string of the molecule is Cc1ccc(S(=O)(=O)N2CCCNCCCN(S(=O)(=O)c3ccc(C)cc3)CCCNCCC2)cc1. The molecule has 10 heteroatoms. The first kappa shape index (κ1) is 28.7. The molecule has 0 radical (unpaired) electrons. The van der Waals surface area contributed by atoms with Crippen LogP contribution in [-0.2, 0) is 20.0 Å². The second-order valence-corrected chi connectivity index (χ2v) is 13.2. The zero-order valence-corrected chi connectivity index (χ0v) is 23.1. The Morgan fingerprint density at radius 2 is 0.806 bits per heavy atom. The lowest BCUT2D eigenvalue weighted by molar-refractivity contribution is 0.372. The molecule has 0 atom stereocenters. The largest absolute Gasteiger partial charge is 0.317 e. The first-order chi connectivity index (χ1) is 17.2. The molecule has 36 heavy (non-hydrogen) atoms. The normalized spacial score (nSPS) is 19.2. The van der Waals surface area contributed by atoms with Crippen LogP contribution in [0.3, 0.4) is 0 Å². The lowest BCUT2D eigenvalue weighted by Gasteiger charge is -2.24. The van der Waals surface area contributed by atoms with E-state index in [0.29, 0.717) is 87.8 Å². The summed E-state index contributed by atoms with van der Waals surface area (Å²) in [5.41, 5.74) is 2.06. The number of benzene rings is 2. The first-order valence-corrected chi connectivity index (χ1v) is 15.6. The summed E-state index contributed by atoms with van der Waals surface area (Å²) >= 11 is 0. The summed E-state index contributed by atoms with van der Waals surface area (Å²) in [7, 11) is -7.09. The molecule has 0 aromatic heterocycles. The molecule has 200 valence electrons. The quantitative estimate of drug-likeness (QED) is 0.624. The molecule has 0 amide bonds. The van der Waals surface area contributed by atoms with Crippen LogP contribution in [0.1, 0.15) is 36.8 Å². The summed E-state index contributed by atoms with van der Waals surface area (Å²) in [6, 6.07) is 14.0. The van der Waals surface area contributed by atoms with E-state index < -0.39 is 20.0 Å². The van der Waals surface area contributed by atoms with Gasteiger partial charge in [0, 0.05) is 26.2 Å². The highest BCUT2D eigenvalue weighted by atomic mass is 32.2. The van der Waals surface area contributed by atoms with Crippen molar-refractivity contribution in [2.75, 3.05) is 52.4 Å². The summed E-state index contributed by atoms with van der Waals surface area (Å²) in [5.74, 6) is 0.